The Hall–Kier alpha value is -2.84. The van der Waals surface area contributed by atoms with E-state index in [1.807, 2.05) is 25.1 Å². The van der Waals surface area contributed by atoms with Gasteiger partial charge in [0.1, 0.15) is 5.78 Å². The van der Waals surface area contributed by atoms with Gasteiger partial charge in [0, 0.05) is 40.1 Å². The minimum Gasteiger partial charge on any atom is -0.466 e. The Morgan fingerprint density at radius 3 is 1.29 bits per heavy atom. The van der Waals surface area contributed by atoms with Crippen molar-refractivity contribution in [1.82, 2.24) is 0 Å². The van der Waals surface area contributed by atoms with E-state index in [2.05, 4.69) is 28.5 Å². The maximum atomic E-state index is 9.98. The Bertz CT molecular complexity index is 687. The summed E-state index contributed by atoms with van der Waals surface area (Å²) in [6.07, 6.45) is 3.29. The molecular formula is C32H59NO9. The zero-order valence-corrected chi connectivity index (χ0v) is 27.9. The molecule has 0 atom stereocenters. The molecule has 0 bridgehead atoms. The SMILES string of the molecule is C1CCOC1.C1COCCO1.CC#N.CC(C)=O.CC(C)O.CCCOC(C)=O.CCOC(C)=O.Cc1ccccc1. The number of carbonyl (C=O) groups is 3. The molecule has 2 saturated heterocycles. The molecule has 42 heavy (non-hydrogen) atoms. The Balaban J connectivity index is -0.000000126. The molecule has 10 nitrogen and oxygen atoms in total. The molecule has 0 saturated carbocycles. The number of ether oxygens (including phenoxy) is 5. The number of Topliss-reactive ketones (excluding diaryl/α,β-unsaturated/α-hetero) is 1. The standard InChI is InChI=1S/C7H8.C5H10O2.2C4H8O2.C4H8O.C3H8O.C3H6O.C2H3N/c1-7-5-3-2-4-6-7;1-3-4-7-5(2)6;1-2-6-4-3-5-1;1-3-6-4(2)5;1-2-4-5-3-1;2*1-3(2)4;1-2-3/h2-6H,1H3;3-4H2,1-2H3;1-4H2;3H2,1-2H3;1-4H2;3-4H,1-2H3;1-2H3;1H3. The molecule has 1 aromatic rings. The van der Waals surface area contributed by atoms with Crippen molar-refractivity contribution in [3.63, 3.8) is 0 Å². The van der Waals surface area contributed by atoms with Gasteiger partial charge in [-0.2, -0.15) is 5.26 Å². The lowest BCUT2D eigenvalue weighted by Gasteiger charge is -2.09. The number of aliphatic hydroxyl groups is 1. The smallest absolute Gasteiger partial charge is 0.302 e. The molecule has 0 aromatic heterocycles. The number of aryl methyl sites for hydroxylation is 1. The zero-order chi connectivity index (χ0) is 33.4. The second-order valence-electron chi connectivity index (χ2n) is 8.69. The van der Waals surface area contributed by atoms with Crippen LogP contribution in [0.25, 0.3) is 0 Å². The summed E-state index contributed by atoms with van der Waals surface area (Å²) in [7, 11) is 0. The van der Waals surface area contributed by atoms with Gasteiger partial charge in [-0.25, -0.2) is 0 Å². The number of nitrogens with zero attached hydrogens (tertiary/aromatic N) is 1. The predicted molar refractivity (Wildman–Crippen MR) is 167 cm³/mol. The van der Waals surface area contributed by atoms with Crippen LogP contribution in [0, 0.1) is 18.3 Å². The van der Waals surface area contributed by atoms with Crippen LogP contribution in [-0.4, -0.2) is 81.8 Å². The molecule has 2 fully saturated rings. The van der Waals surface area contributed by atoms with E-state index >= 15 is 0 Å². The van der Waals surface area contributed by atoms with Crippen molar-refractivity contribution in [3.05, 3.63) is 35.9 Å². The molecule has 2 aliphatic heterocycles. The molecule has 10 heteroatoms. The number of nitriles is 1. The summed E-state index contributed by atoms with van der Waals surface area (Å²) < 4.78 is 23.8. The molecule has 1 N–H and O–H groups in total. The van der Waals surface area contributed by atoms with Gasteiger partial charge in [-0.3, -0.25) is 9.59 Å². The fourth-order valence-corrected chi connectivity index (χ4v) is 1.93. The molecular weight excluding hydrogens is 542 g/mol. The number of aliphatic hydroxyl groups excluding tert-OH is 1. The molecule has 0 aliphatic carbocycles. The van der Waals surface area contributed by atoms with E-state index < -0.39 is 0 Å². The minimum absolute atomic E-state index is 0.167. The molecule has 2 aliphatic rings. The van der Waals surface area contributed by atoms with E-state index in [1.165, 1.54) is 53.0 Å². The molecule has 1 aromatic carbocycles. The normalized spacial score (nSPS) is 11.9. The van der Waals surface area contributed by atoms with E-state index in [-0.39, 0.29) is 23.8 Å². The van der Waals surface area contributed by atoms with Gasteiger partial charge in [0.05, 0.1) is 45.7 Å². The minimum atomic E-state index is -0.211. The van der Waals surface area contributed by atoms with Crippen LogP contribution in [0.15, 0.2) is 30.3 Å². The summed E-state index contributed by atoms with van der Waals surface area (Å²) in [6.45, 7) is 22.7. The van der Waals surface area contributed by atoms with Crippen molar-refractivity contribution >= 4 is 17.7 Å². The third-order valence-electron chi connectivity index (χ3n) is 3.37. The lowest BCUT2D eigenvalue weighted by molar-refractivity contribution is -0.141. The predicted octanol–water partition coefficient (Wildman–Crippen LogP) is 5.87. The number of benzene rings is 1. The van der Waals surface area contributed by atoms with Gasteiger partial charge in [-0.1, -0.05) is 42.8 Å². The van der Waals surface area contributed by atoms with Gasteiger partial charge in [-0.05, 0) is 60.8 Å². The summed E-state index contributed by atoms with van der Waals surface area (Å²) >= 11 is 0. The number of hydrogen-bond acceptors (Lipinski definition) is 10. The first kappa shape index (κ1) is 48.9. The van der Waals surface area contributed by atoms with Crippen LogP contribution in [0.3, 0.4) is 0 Å². The van der Waals surface area contributed by atoms with Crippen LogP contribution in [0.1, 0.15) is 87.1 Å². The van der Waals surface area contributed by atoms with Crippen molar-refractivity contribution in [1.29, 1.82) is 5.26 Å². The van der Waals surface area contributed by atoms with Gasteiger partial charge in [-0.15, -0.1) is 0 Å². The summed E-state index contributed by atoms with van der Waals surface area (Å²) in [6, 6.07) is 12.0. The van der Waals surface area contributed by atoms with E-state index in [0.29, 0.717) is 13.2 Å². The van der Waals surface area contributed by atoms with Crippen molar-refractivity contribution in [2.24, 2.45) is 0 Å². The highest BCUT2D eigenvalue weighted by molar-refractivity contribution is 5.72. The highest BCUT2D eigenvalue weighted by atomic mass is 16.6. The summed E-state index contributed by atoms with van der Waals surface area (Å²) in [5.74, 6) is -0.237. The van der Waals surface area contributed by atoms with E-state index in [9.17, 15) is 14.4 Å². The van der Waals surface area contributed by atoms with Gasteiger partial charge in [0.2, 0.25) is 0 Å². The first-order valence-corrected chi connectivity index (χ1v) is 14.3. The Morgan fingerprint density at radius 1 is 0.833 bits per heavy atom. The molecule has 0 spiro atoms. The second-order valence-corrected chi connectivity index (χ2v) is 8.69. The molecule has 0 amide bonds. The number of esters is 2. The summed E-state index contributed by atoms with van der Waals surface area (Å²) in [4.78, 5) is 29.2. The summed E-state index contributed by atoms with van der Waals surface area (Å²) in [5, 5.41) is 15.4. The fourth-order valence-electron chi connectivity index (χ4n) is 1.93. The van der Waals surface area contributed by atoms with E-state index in [4.69, 9.17) is 24.6 Å². The molecule has 0 radical (unpaired) electrons. The van der Waals surface area contributed by atoms with Crippen molar-refractivity contribution in [2.75, 3.05) is 52.9 Å². The van der Waals surface area contributed by atoms with Crippen LogP contribution < -0.4 is 0 Å². The molecule has 0 unspecified atom stereocenters. The number of carbonyl (C=O) groups excluding carboxylic acids is 3. The van der Waals surface area contributed by atoms with Crippen molar-refractivity contribution in [3.8, 4) is 6.07 Å². The quantitative estimate of drug-likeness (QED) is 0.418. The van der Waals surface area contributed by atoms with Crippen LogP contribution in [-0.2, 0) is 38.1 Å². The van der Waals surface area contributed by atoms with Gasteiger partial charge < -0.3 is 33.6 Å². The van der Waals surface area contributed by atoms with Crippen LogP contribution in [0.5, 0.6) is 0 Å². The van der Waals surface area contributed by atoms with Crippen LogP contribution in [0.2, 0.25) is 0 Å². The summed E-state index contributed by atoms with van der Waals surface area (Å²) in [5.41, 5.74) is 1.32. The van der Waals surface area contributed by atoms with Crippen molar-refractivity contribution in [2.45, 2.75) is 94.6 Å². The lowest BCUT2D eigenvalue weighted by Crippen LogP contribution is -2.16. The monoisotopic (exact) mass is 601 g/mol. The van der Waals surface area contributed by atoms with E-state index in [0.717, 1.165) is 46.1 Å². The molecule has 246 valence electrons. The Labute approximate surface area is 255 Å². The lowest BCUT2D eigenvalue weighted by atomic mass is 10.2. The number of rotatable bonds is 3. The van der Waals surface area contributed by atoms with Crippen LogP contribution in [0.4, 0.5) is 0 Å². The zero-order valence-electron chi connectivity index (χ0n) is 27.9. The highest BCUT2D eigenvalue weighted by Gasteiger charge is 1.95. The third kappa shape index (κ3) is 90.6. The first-order chi connectivity index (χ1) is 19.8. The largest absolute Gasteiger partial charge is 0.466 e. The van der Waals surface area contributed by atoms with Gasteiger partial charge in [0.15, 0.2) is 0 Å². The first-order valence-electron chi connectivity index (χ1n) is 14.3. The topological polar surface area (TPSA) is 141 Å². The number of ketones is 1. The Kier molecular flexibility index (Phi) is 52.5. The Morgan fingerprint density at radius 2 is 1.17 bits per heavy atom. The van der Waals surface area contributed by atoms with E-state index in [1.54, 1.807) is 26.8 Å². The van der Waals surface area contributed by atoms with Gasteiger partial charge in [0.25, 0.3) is 0 Å². The van der Waals surface area contributed by atoms with Gasteiger partial charge >= 0.3 is 11.9 Å². The molecule has 3 rings (SSSR count). The highest BCUT2D eigenvalue weighted by Crippen LogP contribution is 1.98. The van der Waals surface area contributed by atoms with Crippen LogP contribution >= 0.6 is 0 Å². The number of hydrogen-bond donors (Lipinski definition) is 1. The second kappa shape index (κ2) is 45.2. The fraction of sp³-hybridized carbons (Fsp3) is 0.688. The maximum Gasteiger partial charge on any atom is 0.302 e. The molecule has 2 heterocycles. The average Bonchev–Trinajstić information content (AvgIpc) is 3.50. The third-order valence-corrected chi connectivity index (χ3v) is 3.37. The average molecular weight is 602 g/mol. The maximum absolute atomic E-state index is 9.98. The van der Waals surface area contributed by atoms with Crippen molar-refractivity contribution < 1.29 is 43.2 Å².